The summed E-state index contributed by atoms with van der Waals surface area (Å²) in [5.74, 6) is 4.73. The average Bonchev–Trinajstić information content (AvgIpc) is 3.31. The van der Waals surface area contributed by atoms with E-state index >= 15 is 0 Å². The number of likely N-dealkylation sites (tertiary alicyclic amines) is 1. The number of aromatic nitrogens is 1. The molecule has 3 aromatic rings. The third kappa shape index (κ3) is 5.21. The summed E-state index contributed by atoms with van der Waals surface area (Å²) < 4.78 is 14.0. The van der Waals surface area contributed by atoms with Crippen LogP contribution in [0.4, 0.5) is 10.1 Å². The van der Waals surface area contributed by atoms with E-state index in [1.54, 1.807) is 29.3 Å². The van der Waals surface area contributed by atoms with Crippen LogP contribution in [0, 0.1) is 24.6 Å². The lowest BCUT2D eigenvalue weighted by Gasteiger charge is -2.29. The van der Waals surface area contributed by atoms with E-state index < -0.39 is 11.7 Å². The van der Waals surface area contributed by atoms with Crippen molar-refractivity contribution in [1.82, 2.24) is 9.88 Å². The number of hydrogen-bond acceptors (Lipinski definition) is 4. The van der Waals surface area contributed by atoms with Crippen LogP contribution < -0.4 is 5.32 Å². The second kappa shape index (κ2) is 9.75. The quantitative estimate of drug-likeness (QED) is 0.597. The Morgan fingerprint density at radius 2 is 1.91 bits per heavy atom. The van der Waals surface area contributed by atoms with Gasteiger partial charge in [-0.2, -0.15) is 0 Å². The number of piperidine rings is 1. The molecule has 0 unspecified atom stereocenters. The summed E-state index contributed by atoms with van der Waals surface area (Å²) in [6.07, 6.45) is 1.53. The van der Waals surface area contributed by atoms with Crippen LogP contribution in [-0.2, 0) is 4.79 Å². The number of amides is 2. The molecular formula is C25H22FN3O2S. The average molecular weight is 448 g/mol. The minimum Gasteiger partial charge on any atom is -0.332 e. The number of nitrogens with one attached hydrogen (secondary N) is 1. The Bertz CT molecular complexity index is 1190. The molecule has 7 heteroatoms. The predicted molar refractivity (Wildman–Crippen MR) is 123 cm³/mol. The lowest BCUT2D eigenvalue weighted by molar-refractivity contribution is -0.126. The Labute approximate surface area is 190 Å². The van der Waals surface area contributed by atoms with Gasteiger partial charge in [0.25, 0.3) is 11.8 Å². The van der Waals surface area contributed by atoms with Gasteiger partial charge >= 0.3 is 0 Å². The molecular weight excluding hydrogens is 425 g/mol. The molecule has 2 heterocycles. The number of thiazole rings is 1. The fourth-order valence-corrected chi connectivity index (χ4v) is 4.51. The third-order valence-electron chi connectivity index (χ3n) is 5.35. The molecule has 1 aliphatic rings. The van der Waals surface area contributed by atoms with E-state index in [4.69, 9.17) is 0 Å². The van der Waals surface area contributed by atoms with Gasteiger partial charge in [0.15, 0.2) is 0 Å². The highest BCUT2D eigenvalue weighted by atomic mass is 32.1. The van der Waals surface area contributed by atoms with Crippen LogP contribution in [0.1, 0.15) is 45.4 Å². The largest absolute Gasteiger partial charge is 0.332 e. The van der Waals surface area contributed by atoms with Crippen LogP contribution in [0.15, 0.2) is 53.9 Å². The zero-order chi connectivity index (χ0) is 22.5. The second-order valence-corrected chi connectivity index (χ2v) is 8.58. The van der Waals surface area contributed by atoms with Gasteiger partial charge in [0.2, 0.25) is 0 Å². The normalized spacial score (nSPS) is 13.9. The summed E-state index contributed by atoms with van der Waals surface area (Å²) in [6, 6.07) is 14.1. The van der Waals surface area contributed by atoms with Gasteiger partial charge in [0, 0.05) is 35.9 Å². The molecule has 1 aliphatic heterocycles. The highest BCUT2D eigenvalue weighted by Gasteiger charge is 2.26. The maximum Gasteiger partial charge on any atom is 0.298 e. The summed E-state index contributed by atoms with van der Waals surface area (Å²) in [5.41, 5.74) is 2.01. The molecule has 0 spiro atoms. The van der Waals surface area contributed by atoms with E-state index in [0.717, 1.165) is 29.0 Å². The highest BCUT2D eigenvalue weighted by Crippen LogP contribution is 2.30. The molecule has 2 aromatic carbocycles. The number of carbonyl (C=O) groups is 2. The second-order valence-electron chi connectivity index (χ2n) is 7.69. The molecule has 1 fully saturated rings. The SMILES string of the molecule is Cc1ccc(NC(=O)c2csc(C3CCN(C(=O)C#Cc4ccccc4)CC3)n2)c(F)c1. The molecule has 0 saturated carbocycles. The van der Waals surface area contributed by atoms with E-state index in [-0.39, 0.29) is 23.2 Å². The van der Waals surface area contributed by atoms with Gasteiger partial charge in [-0.25, -0.2) is 9.37 Å². The van der Waals surface area contributed by atoms with Crippen molar-refractivity contribution in [1.29, 1.82) is 0 Å². The van der Waals surface area contributed by atoms with Gasteiger partial charge in [0.05, 0.1) is 10.7 Å². The van der Waals surface area contributed by atoms with E-state index in [9.17, 15) is 14.0 Å². The van der Waals surface area contributed by atoms with Crippen molar-refractivity contribution in [2.24, 2.45) is 0 Å². The van der Waals surface area contributed by atoms with Crippen molar-refractivity contribution in [3.05, 3.63) is 81.6 Å². The molecule has 0 bridgehead atoms. The van der Waals surface area contributed by atoms with Gasteiger partial charge in [-0.05, 0) is 49.6 Å². The number of halogens is 1. The lowest BCUT2D eigenvalue weighted by atomic mass is 9.97. The molecule has 5 nitrogen and oxygen atoms in total. The summed E-state index contributed by atoms with van der Waals surface area (Å²) in [4.78, 5) is 31.1. The summed E-state index contributed by atoms with van der Waals surface area (Å²) in [5, 5.41) is 5.14. The number of nitrogens with zero attached hydrogens (tertiary/aromatic N) is 2. The highest BCUT2D eigenvalue weighted by molar-refractivity contribution is 7.10. The number of carbonyl (C=O) groups excluding carboxylic acids is 2. The molecule has 1 N–H and O–H groups in total. The zero-order valence-corrected chi connectivity index (χ0v) is 18.4. The molecule has 1 saturated heterocycles. The van der Waals surface area contributed by atoms with Gasteiger partial charge in [-0.3, -0.25) is 9.59 Å². The Morgan fingerprint density at radius 1 is 1.16 bits per heavy atom. The summed E-state index contributed by atoms with van der Waals surface area (Å²) in [6.45, 7) is 2.99. The van der Waals surface area contributed by atoms with Crippen LogP contribution in [0.2, 0.25) is 0 Å². The van der Waals surface area contributed by atoms with Gasteiger partial charge in [0.1, 0.15) is 11.5 Å². The minimum absolute atomic E-state index is 0.138. The van der Waals surface area contributed by atoms with E-state index in [0.29, 0.717) is 13.1 Å². The number of rotatable bonds is 3. The lowest BCUT2D eigenvalue weighted by Crippen LogP contribution is -2.37. The van der Waals surface area contributed by atoms with Crippen molar-refractivity contribution in [2.45, 2.75) is 25.7 Å². The number of hydrogen-bond donors (Lipinski definition) is 1. The van der Waals surface area contributed by atoms with Gasteiger partial charge < -0.3 is 10.2 Å². The van der Waals surface area contributed by atoms with Crippen molar-refractivity contribution in [3.63, 3.8) is 0 Å². The Balaban J connectivity index is 1.33. The van der Waals surface area contributed by atoms with E-state index in [1.807, 2.05) is 30.3 Å². The topological polar surface area (TPSA) is 62.3 Å². The molecule has 0 aliphatic carbocycles. The number of aryl methyl sites for hydroxylation is 1. The predicted octanol–water partition coefficient (Wildman–Crippen LogP) is 4.60. The van der Waals surface area contributed by atoms with Crippen LogP contribution >= 0.6 is 11.3 Å². The number of benzene rings is 2. The van der Waals surface area contributed by atoms with Crippen molar-refractivity contribution in [2.75, 3.05) is 18.4 Å². The first-order valence-electron chi connectivity index (χ1n) is 10.4. The van der Waals surface area contributed by atoms with Crippen LogP contribution in [0.5, 0.6) is 0 Å². The molecule has 0 radical (unpaired) electrons. The maximum absolute atomic E-state index is 14.0. The van der Waals surface area contributed by atoms with Gasteiger partial charge in [-0.1, -0.05) is 30.2 Å². The Kier molecular flexibility index (Phi) is 6.62. The van der Waals surface area contributed by atoms with Crippen molar-refractivity contribution in [3.8, 4) is 11.8 Å². The van der Waals surface area contributed by atoms with Crippen LogP contribution in [0.3, 0.4) is 0 Å². The first-order valence-corrected chi connectivity index (χ1v) is 11.3. The Hall–Kier alpha value is -3.50. The molecule has 4 rings (SSSR count). The smallest absolute Gasteiger partial charge is 0.298 e. The van der Waals surface area contributed by atoms with Crippen LogP contribution in [0.25, 0.3) is 0 Å². The monoisotopic (exact) mass is 447 g/mol. The molecule has 162 valence electrons. The molecule has 0 atom stereocenters. The first-order chi connectivity index (χ1) is 15.5. The Morgan fingerprint density at radius 3 is 2.62 bits per heavy atom. The summed E-state index contributed by atoms with van der Waals surface area (Å²) in [7, 11) is 0. The van der Waals surface area contributed by atoms with Crippen molar-refractivity contribution < 1.29 is 14.0 Å². The molecule has 1 aromatic heterocycles. The first kappa shape index (κ1) is 21.7. The third-order valence-corrected chi connectivity index (χ3v) is 6.35. The minimum atomic E-state index is -0.471. The summed E-state index contributed by atoms with van der Waals surface area (Å²) >= 11 is 1.42. The molecule has 2 amide bonds. The van der Waals surface area contributed by atoms with E-state index in [1.165, 1.54) is 17.4 Å². The zero-order valence-electron chi connectivity index (χ0n) is 17.6. The molecule has 32 heavy (non-hydrogen) atoms. The van der Waals surface area contributed by atoms with Gasteiger partial charge in [-0.15, -0.1) is 11.3 Å². The maximum atomic E-state index is 14.0. The standard InChI is InChI=1S/C25H22FN3O2S/c1-17-7-9-21(20(26)15-17)27-24(31)22-16-32-25(28-22)19-11-13-29(14-12-19)23(30)10-8-18-5-3-2-4-6-18/h2-7,9,15-16,19H,11-14H2,1H3,(H,27,31). The fourth-order valence-electron chi connectivity index (χ4n) is 3.54. The fraction of sp³-hybridized carbons (Fsp3) is 0.240. The van der Waals surface area contributed by atoms with E-state index in [2.05, 4.69) is 22.1 Å². The number of anilines is 1. The van der Waals surface area contributed by atoms with Crippen LogP contribution in [-0.4, -0.2) is 34.8 Å². The van der Waals surface area contributed by atoms with Crippen molar-refractivity contribution >= 4 is 28.8 Å².